The highest BCUT2D eigenvalue weighted by atomic mass is 15.1. The zero-order valence-corrected chi connectivity index (χ0v) is 12.9. The first-order valence-corrected chi connectivity index (χ1v) is 7.76. The normalized spacial score (nSPS) is 10.5. The van der Waals surface area contributed by atoms with Crippen molar-refractivity contribution in [2.45, 2.75) is 51.9 Å². The summed E-state index contributed by atoms with van der Waals surface area (Å²) in [6.45, 7) is 3.35. The fourth-order valence-corrected chi connectivity index (χ4v) is 2.32. The van der Waals surface area contributed by atoms with Crippen molar-refractivity contribution in [1.29, 1.82) is 0 Å². The van der Waals surface area contributed by atoms with E-state index < -0.39 is 0 Å². The molecule has 108 valence electrons. The maximum absolute atomic E-state index is 3.55. The fourth-order valence-electron chi connectivity index (χ4n) is 2.32. The van der Waals surface area contributed by atoms with Gasteiger partial charge >= 0.3 is 0 Å². The summed E-state index contributed by atoms with van der Waals surface area (Å²) in [5.41, 5.74) is 2.52. The third-order valence-electron chi connectivity index (χ3n) is 3.48. The van der Waals surface area contributed by atoms with Crippen LogP contribution in [0.2, 0.25) is 0 Å². The number of unbranched alkanes of at least 4 members (excludes halogenated alkanes) is 6. The smallest absolute Gasteiger partial charge is 0.0596 e. The van der Waals surface area contributed by atoms with Gasteiger partial charge in [0.25, 0.3) is 0 Å². The third-order valence-corrected chi connectivity index (χ3v) is 3.48. The van der Waals surface area contributed by atoms with Crippen molar-refractivity contribution < 1.29 is 0 Å². The standard InChI is InChI=1S/C17H30N2/c1-4-5-6-7-8-9-12-15-18-16-13-10-11-14-17(16)19(2)3/h10-11,13-14,18H,4-9,12,15H2,1-3H3. The van der Waals surface area contributed by atoms with Crippen LogP contribution in [0.15, 0.2) is 24.3 Å². The number of hydrogen-bond donors (Lipinski definition) is 1. The van der Waals surface area contributed by atoms with E-state index in [2.05, 4.69) is 55.5 Å². The SMILES string of the molecule is CCCCCCCCCNc1ccccc1N(C)C. The molecule has 0 atom stereocenters. The number of rotatable bonds is 10. The number of nitrogens with one attached hydrogen (secondary N) is 1. The highest BCUT2D eigenvalue weighted by Gasteiger charge is 2.01. The van der Waals surface area contributed by atoms with Crippen LogP contribution in [-0.2, 0) is 0 Å². The Kier molecular flexibility index (Phi) is 8.11. The van der Waals surface area contributed by atoms with Crippen LogP contribution in [0, 0.1) is 0 Å². The Bertz CT molecular complexity index is 334. The first kappa shape index (κ1) is 15.9. The van der Waals surface area contributed by atoms with Crippen LogP contribution in [0.4, 0.5) is 11.4 Å². The lowest BCUT2D eigenvalue weighted by atomic mass is 10.1. The van der Waals surface area contributed by atoms with Gasteiger partial charge in [0.15, 0.2) is 0 Å². The van der Waals surface area contributed by atoms with E-state index in [1.807, 2.05) is 0 Å². The molecule has 1 rings (SSSR count). The zero-order chi connectivity index (χ0) is 13.9. The van der Waals surface area contributed by atoms with Crippen LogP contribution in [-0.4, -0.2) is 20.6 Å². The second-order valence-corrected chi connectivity index (χ2v) is 5.46. The number of hydrogen-bond acceptors (Lipinski definition) is 2. The van der Waals surface area contributed by atoms with Crippen molar-refractivity contribution in [3.8, 4) is 0 Å². The molecule has 0 aliphatic heterocycles. The van der Waals surface area contributed by atoms with Gasteiger partial charge < -0.3 is 10.2 Å². The van der Waals surface area contributed by atoms with E-state index in [0.29, 0.717) is 0 Å². The minimum atomic E-state index is 1.08. The summed E-state index contributed by atoms with van der Waals surface area (Å²) in [7, 11) is 4.18. The number of anilines is 2. The van der Waals surface area contributed by atoms with Crippen molar-refractivity contribution in [3.05, 3.63) is 24.3 Å². The Morgan fingerprint density at radius 2 is 1.53 bits per heavy atom. The fraction of sp³-hybridized carbons (Fsp3) is 0.647. The Hall–Kier alpha value is -1.18. The highest BCUT2D eigenvalue weighted by molar-refractivity contribution is 5.69. The quantitative estimate of drug-likeness (QED) is 0.602. The van der Waals surface area contributed by atoms with E-state index in [4.69, 9.17) is 0 Å². The molecule has 19 heavy (non-hydrogen) atoms. The molecule has 1 aromatic rings. The molecule has 2 heteroatoms. The number of benzene rings is 1. The lowest BCUT2D eigenvalue weighted by Gasteiger charge is -2.18. The summed E-state index contributed by atoms with van der Waals surface area (Å²) in [5.74, 6) is 0. The van der Waals surface area contributed by atoms with Crippen LogP contribution in [0.1, 0.15) is 51.9 Å². The summed E-state index contributed by atoms with van der Waals surface area (Å²) < 4.78 is 0. The predicted octanol–water partition coefficient (Wildman–Crippen LogP) is 4.92. The predicted molar refractivity (Wildman–Crippen MR) is 87.3 cm³/mol. The number of para-hydroxylation sites is 2. The number of nitrogens with zero attached hydrogens (tertiary/aromatic N) is 1. The molecule has 0 aliphatic rings. The van der Waals surface area contributed by atoms with Gasteiger partial charge in [-0.05, 0) is 18.6 Å². The molecular formula is C17H30N2. The van der Waals surface area contributed by atoms with Crippen molar-refractivity contribution in [2.75, 3.05) is 30.9 Å². The van der Waals surface area contributed by atoms with E-state index in [9.17, 15) is 0 Å². The second kappa shape index (κ2) is 9.71. The first-order chi connectivity index (χ1) is 9.25. The van der Waals surface area contributed by atoms with Gasteiger partial charge in [-0.2, -0.15) is 0 Å². The van der Waals surface area contributed by atoms with E-state index in [1.165, 1.54) is 56.3 Å². The molecule has 0 saturated carbocycles. The van der Waals surface area contributed by atoms with Crippen LogP contribution in [0.5, 0.6) is 0 Å². The molecule has 2 nitrogen and oxygen atoms in total. The van der Waals surface area contributed by atoms with Crippen LogP contribution >= 0.6 is 0 Å². The average Bonchev–Trinajstić information content (AvgIpc) is 2.42. The van der Waals surface area contributed by atoms with Gasteiger partial charge in [0.2, 0.25) is 0 Å². The van der Waals surface area contributed by atoms with Gasteiger partial charge in [0, 0.05) is 20.6 Å². The van der Waals surface area contributed by atoms with Crippen molar-refractivity contribution in [2.24, 2.45) is 0 Å². The molecule has 1 N–H and O–H groups in total. The molecule has 0 aromatic heterocycles. The summed E-state index contributed by atoms with van der Waals surface area (Å²) in [6, 6.07) is 8.51. The average molecular weight is 262 g/mol. The van der Waals surface area contributed by atoms with E-state index in [1.54, 1.807) is 0 Å². The Labute approximate surface area is 119 Å². The molecule has 0 aliphatic carbocycles. The van der Waals surface area contributed by atoms with Gasteiger partial charge in [-0.1, -0.05) is 57.6 Å². The Morgan fingerprint density at radius 3 is 2.21 bits per heavy atom. The molecule has 0 fully saturated rings. The summed E-state index contributed by atoms with van der Waals surface area (Å²) in [4.78, 5) is 2.16. The van der Waals surface area contributed by atoms with Gasteiger partial charge in [-0.15, -0.1) is 0 Å². The molecule has 0 spiro atoms. The molecule has 0 radical (unpaired) electrons. The minimum Gasteiger partial charge on any atom is -0.383 e. The summed E-state index contributed by atoms with van der Waals surface area (Å²) in [6.07, 6.45) is 9.55. The highest BCUT2D eigenvalue weighted by Crippen LogP contribution is 2.23. The van der Waals surface area contributed by atoms with Crippen molar-refractivity contribution in [3.63, 3.8) is 0 Å². The molecule has 0 saturated heterocycles. The van der Waals surface area contributed by atoms with Gasteiger partial charge in [0.05, 0.1) is 11.4 Å². The largest absolute Gasteiger partial charge is 0.383 e. The molecule has 0 amide bonds. The minimum absolute atomic E-state index is 1.08. The maximum atomic E-state index is 3.55. The third kappa shape index (κ3) is 6.51. The van der Waals surface area contributed by atoms with E-state index in [-0.39, 0.29) is 0 Å². The van der Waals surface area contributed by atoms with Crippen molar-refractivity contribution in [1.82, 2.24) is 0 Å². The first-order valence-electron chi connectivity index (χ1n) is 7.76. The van der Waals surface area contributed by atoms with Crippen LogP contribution < -0.4 is 10.2 Å². The monoisotopic (exact) mass is 262 g/mol. The molecule has 1 aromatic carbocycles. The topological polar surface area (TPSA) is 15.3 Å². The second-order valence-electron chi connectivity index (χ2n) is 5.46. The Morgan fingerprint density at radius 1 is 0.895 bits per heavy atom. The van der Waals surface area contributed by atoms with Gasteiger partial charge in [-0.25, -0.2) is 0 Å². The maximum Gasteiger partial charge on any atom is 0.0596 e. The summed E-state index contributed by atoms with van der Waals surface area (Å²) >= 11 is 0. The molecular weight excluding hydrogens is 232 g/mol. The molecule has 0 unspecified atom stereocenters. The summed E-state index contributed by atoms with van der Waals surface area (Å²) in [5, 5.41) is 3.55. The van der Waals surface area contributed by atoms with Crippen LogP contribution in [0.3, 0.4) is 0 Å². The lowest BCUT2D eigenvalue weighted by Crippen LogP contribution is -2.12. The zero-order valence-electron chi connectivity index (χ0n) is 12.9. The lowest BCUT2D eigenvalue weighted by molar-refractivity contribution is 0.596. The molecule has 0 bridgehead atoms. The van der Waals surface area contributed by atoms with Crippen LogP contribution in [0.25, 0.3) is 0 Å². The van der Waals surface area contributed by atoms with Gasteiger partial charge in [-0.3, -0.25) is 0 Å². The van der Waals surface area contributed by atoms with E-state index in [0.717, 1.165) is 6.54 Å². The van der Waals surface area contributed by atoms with Gasteiger partial charge in [0.1, 0.15) is 0 Å². The Balaban J connectivity index is 2.16. The van der Waals surface area contributed by atoms with Crippen molar-refractivity contribution >= 4 is 11.4 Å². The molecule has 0 heterocycles. The van der Waals surface area contributed by atoms with E-state index >= 15 is 0 Å².